The van der Waals surface area contributed by atoms with Crippen molar-refractivity contribution in [3.8, 4) is 0 Å². The van der Waals surface area contributed by atoms with Crippen molar-refractivity contribution in [1.29, 1.82) is 0 Å². The fourth-order valence-electron chi connectivity index (χ4n) is 3.14. The average molecular weight is 472 g/mol. The summed E-state index contributed by atoms with van der Waals surface area (Å²) in [5.74, 6) is -0.290. The molecular weight excluding hydrogens is 447 g/mol. The molecule has 2 aromatic rings. The van der Waals surface area contributed by atoms with E-state index in [1.54, 1.807) is 23.1 Å². The second kappa shape index (κ2) is 10.9. The number of nitrogens with one attached hydrogen (secondary N) is 2. The number of fused-ring (bicyclic) bond motifs is 1. The number of amides is 2. The highest BCUT2D eigenvalue weighted by Crippen LogP contribution is 2.28. The van der Waals surface area contributed by atoms with Gasteiger partial charge in [0, 0.05) is 53.0 Å². The predicted molar refractivity (Wildman–Crippen MR) is 124 cm³/mol. The maximum Gasteiger partial charge on any atom is 0.255 e. The summed E-state index contributed by atoms with van der Waals surface area (Å²) in [5.41, 5.74) is 3.13. The quantitative estimate of drug-likeness (QED) is 0.617. The number of carbonyl (C=O) groups excluding carboxylic acids is 2. The molecular formula is C21H25Cl3N4O2. The van der Waals surface area contributed by atoms with Crippen molar-refractivity contribution in [2.24, 2.45) is 0 Å². The Bertz CT molecular complexity index is 901. The summed E-state index contributed by atoms with van der Waals surface area (Å²) < 4.78 is 0. The molecule has 30 heavy (non-hydrogen) atoms. The third-order valence-corrected chi connectivity index (χ3v) is 5.44. The summed E-state index contributed by atoms with van der Waals surface area (Å²) in [6, 6.07) is 11.0. The number of carbonyl (C=O) groups is 2. The van der Waals surface area contributed by atoms with Crippen molar-refractivity contribution < 1.29 is 9.59 Å². The van der Waals surface area contributed by atoms with Crippen LogP contribution in [0.5, 0.6) is 0 Å². The first-order chi connectivity index (χ1) is 13.8. The second-order valence-electron chi connectivity index (χ2n) is 7.24. The molecule has 0 aliphatic carbocycles. The molecule has 2 amide bonds. The van der Waals surface area contributed by atoms with Gasteiger partial charge in [-0.05, 0) is 43.9 Å². The monoisotopic (exact) mass is 470 g/mol. The topological polar surface area (TPSA) is 64.7 Å². The number of halogens is 3. The molecule has 0 unspecified atom stereocenters. The Balaban J connectivity index is 0.00000320. The molecule has 0 spiro atoms. The van der Waals surface area contributed by atoms with E-state index < -0.39 is 0 Å². The number of likely N-dealkylation sites (N-methyl/N-ethyl adjacent to an activating group) is 1. The van der Waals surface area contributed by atoms with E-state index in [1.165, 1.54) is 0 Å². The molecule has 6 nitrogen and oxygen atoms in total. The summed E-state index contributed by atoms with van der Waals surface area (Å²) >= 11 is 12.4. The Morgan fingerprint density at radius 3 is 2.53 bits per heavy atom. The maximum atomic E-state index is 12.7. The Labute approximate surface area is 192 Å². The smallest absolute Gasteiger partial charge is 0.255 e. The summed E-state index contributed by atoms with van der Waals surface area (Å²) in [4.78, 5) is 28.4. The largest absolute Gasteiger partial charge is 0.381 e. The van der Waals surface area contributed by atoms with Crippen molar-refractivity contribution >= 4 is 53.1 Å². The molecule has 0 aromatic heterocycles. The molecule has 3 rings (SSSR count). The van der Waals surface area contributed by atoms with Crippen molar-refractivity contribution in [3.63, 3.8) is 0 Å². The van der Waals surface area contributed by atoms with Gasteiger partial charge in [0.05, 0.1) is 0 Å². The van der Waals surface area contributed by atoms with Crippen LogP contribution in [0.25, 0.3) is 0 Å². The van der Waals surface area contributed by atoms with E-state index in [9.17, 15) is 9.59 Å². The number of hydrogen-bond donors (Lipinski definition) is 2. The molecule has 0 saturated carbocycles. The maximum absolute atomic E-state index is 12.7. The lowest BCUT2D eigenvalue weighted by molar-refractivity contribution is -0.121. The average Bonchev–Trinajstić information content (AvgIpc) is 2.96. The fraction of sp³-hybridized carbons (Fsp3) is 0.333. The third-order valence-electron chi connectivity index (χ3n) is 4.74. The first kappa shape index (κ1) is 24.3. The first-order valence-corrected chi connectivity index (χ1v) is 10.1. The van der Waals surface area contributed by atoms with Crippen LogP contribution in [0.3, 0.4) is 0 Å². The van der Waals surface area contributed by atoms with Crippen LogP contribution < -0.4 is 10.6 Å². The van der Waals surface area contributed by atoms with Gasteiger partial charge in [-0.1, -0.05) is 35.3 Å². The summed E-state index contributed by atoms with van der Waals surface area (Å²) in [6.07, 6.45) is 0. The molecule has 0 fully saturated rings. The Hall–Kier alpha value is -1.99. The van der Waals surface area contributed by atoms with Crippen molar-refractivity contribution in [3.05, 3.63) is 63.1 Å². The van der Waals surface area contributed by atoms with Gasteiger partial charge in [0.1, 0.15) is 6.54 Å². The van der Waals surface area contributed by atoms with E-state index in [-0.39, 0.29) is 30.8 Å². The molecule has 0 radical (unpaired) electrons. The van der Waals surface area contributed by atoms with Crippen LogP contribution in [-0.2, 0) is 17.9 Å². The minimum atomic E-state index is -0.153. The Morgan fingerprint density at radius 1 is 1.17 bits per heavy atom. The summed E-state index contributed by atoms with van der Waals surface area (Å²) in [5, 5.41) is 7.28. The van der Waals surface area contributed by atoms with E-state index in [1.807, 2.05) is 37.2 Å². The van der Waals surface area contributed by atoms with Crippen LogP contribution in [0.1, 0.15) is 21.5 Å². The lowest BCUT2D eigenvalue weighted by Crippen LogP contribution is -2.39. The van der Waals surface area contributed by atoms with E-state index >= 15 is 0 Å². The standard InChI is InChI=1S/C21H24Cl2N4O2.ClH/c1-26(2)9-8-24-20(28)13-27-12-14-6-7-15(10-16(14)21(27)29)25-11-17-18(22)4-3-5-19(17)23;/h3-7,10,25H,8-9,11-13H2,1-2H3,(H,24,28);1H. The van der Waals surface area contributed by atoms with Crippen LogP contribution in [0, 0.1) is 0 Å². The zero-order valence-electron chi connectivity index (χ0n) is 16.9. The van der Waals surface area contributed by atoms with Gasteiger partial charge in [0.2, 0.25) is 5.91 Å². The van der Waals surface area contributed by atoms with Gasteiger partial charge in [-0.2, -0.15) is 0 Å². The Morgan fingerprint density at radius 2 is 1.87 bits per heavy atom. The van der Waals surface area contributed by atoms with Gasteiger partial charge < -0.3 is 20.4 Å². The molecule has 1 aliphatic rings. The first-order valence-electron chi connectivity index (χ1n) is 9.35. The highest BCUT2D eigenvalue weighted by atomic mass is 35.5. The lowest BCUT2D eigenvalue weighted by atomic mass is 10.1. The molecule has 9 heteroatoms. The SMILES string of the molecule is CN(C)CCNC(=O)CN1Cc2ccc(NCc3c(Cl)cccc3Cl)cc2C1=O.Cl. The van der Waals surface area contributed by atoms with Gasteiger partial charge in [-0.3, -0.25) is 9.59 Å². The minimum Gasteiger partial charge on any atom is -0.381 e. The molecule has 0 atom stereocenters. The molecule has 0 bridgehead atoms. The van der Waals surface area contributed by atoms with Crippen LogP contribution in [-0.4, -0.2) is 55.3 Å². The molecule has 162 valence electrons. The van der Waals surface area contributed by atoms with Crippen molar-refractivity contribution in [2.45, 2.75) is 13.1 Å². The molecule has 1 aliphatic heterocycles. The minimum absolute atomic E-state index is 0. The van der Waals surface area contributed by atoms with Gasteiger partial charge in [0.15, 0.2) is 0 Å². The lowest BCUT2D eigenvalue weighted by Gasteiger charge is -2.16. The zero-order chi connectivity index (χ0) is 21.0. The van der Waals surface area contributed by atoms with E-state index in [4.69, 9.17) is 23.2 Å². The van der Waals surface area contributed by atoms with Gasteiger partial charge in [-0.25, -0.2) is 0 Å². The third kappa shape index (κ3) is 6.01. The van der Waals surface area contributed by atoms with Gasteiger partial charge in [-0.15, -0.1) is 12.4 Å². The zero-order valence-corrected chi connectivity index (χ0v) is 19.2. The van der Waals surface area contributed by atoms with E-state index in [2.05, 4.69) is 10.6 Å². The van der Waals surface area contributed by atoms with E-state index in [0.29, 0.717) is 35.2 Å². The molecule has 0 saturated heterocycles. The summed E-state index contributed by atoms with van der Waals surface area (Å²) in [6.45, 7) is 2.25. The molecule has 2 N–H and O–H groups in total. The van der Waals surface area contributed by atoms with Crippen LogP contribution in [0.4, 0.5) is 5.69 Å². The van der Waals surface area contributed by atoms with Crippen LogP contribution in [0.15, 0.2) is 36.4 Å². The van der Waals surface area contributed by atoms with Crippen molar-refractivity contribution in [1.82, 2.24) is 15.1 Å². The number of anilines is 1. The van der Waals surface area contributed by atoms with Crippen molar-refractivity contribution in [2.75, 3.05) is 39.0 Å². The second-order valence-corrected chi connectivity index (χ2v) is 8.05. The molecule has 1 heterocycles. The van der Waals surface area contributed by atoms with Crippen LogP contribution >= 0.6 is 35.6 Å². The van der Waals surface area contributed by atoms with Gasteiger partial charge in [0.25, 0.3) is 5.91 Å². The van der Waals surface area contributed by atoms with Crippen LogP contribution in [0.2, 0.25) is 10.0 Å². The number of benzene rings is 2. The molecule has 2 aromatic carbocycles. The highest BCUT2D eigenvalue weighted by molar-refractivity contribution is 6.36. The van der Waals surface area contributed by atoms with E-state index in [0.717, 1.165) is 23.4 Å². The fourth-order valence-corrected chi connectivity index (χ4v) is 3.67. The number of nitrogens with zero attached hydrogens (tertiary/aromatic N) is 2. The van der Waals surface area contributed by atoms with Gasteiger partial charge >= 0.3 is 0 Å². The number of hydrogen-bond acceptors (Lipinski definition) is 4. The Kier molecular flexibility index (Phi) is 8.79. The predicted octanol–water partition coefficient (Wildman–Crippen LogP) is 3.66. The normalized spacial score (nSPS) is 12.6. The highest BCUT2D eigenvalue weighted by Gasteiger charge is 2.28. The summed E-state index contributed by atoms with van der Waals surface area (Å²) in [7, 11) is 3.89. The number of rotatable bonds is 8.